The molecular formula is C23H33BrN4O3. The van der Waals surface area contributed by atoms with E-state index >= 15 is 0 Å². The summed E-state index contributed by atoms with van der Waals surface area (Å²) >= 11 is 3.48. The van der Waals surface area contributed by atoms with Gasteiger partial charge >= 0.3 is 0 Å². The normalized spacial score (nSPS) is 21.4. The molecule has 1 aliphatic carbocycles. The number of nitrogens with one attached hydrogen (secondary N) is 1. The van der Waals surface area contributed by atoms with Crippen molar-refractivity contribution >= 4 is 33.7 Å². The van der Waals surface area contributed by atoms with E-state index in [1.54, 1.807) is 20.2 Å². The maximum absolute atomic E-state index is 13.8. The first-order valence-corrected chi connectivity index (χ1v) is 12.0. The number of halogens is 1. The van der Waals surface area contributed by atoms with Crippen molar-refractivity contribution < 1.29 is 14.4 Å². The molecule has 1 aromatic rings. The summed E-state index contributed by atoms with van der Waals surface area (Å²) in [6, 6.07) is 0.802. The van der Waals surface area contributed by atoms with E-state index in [0.717, 1.165) is 48.6 Å². The van der Waals surface area contributed by atoms with Gasteiger partial charge in [-0.05, 0) is 66.1 Å². The van der Waals surface area contributed by atoms with Crippen LogP contribution in [0.4, 0.5) is 0 Å². The van der Waals surface area contributed by atoms with Crippen molar-refractivity contribution in [2.75, 3.05) is 13.6 Å². The Morgan fingerprint density at radius 2 is 1.87 bits per heavy atom. The van der Waals surface area contributed by atoms with Crippen molar-refractivity contribution in [3.8, 4) is 0 Å². The Labute approximate surface area is 193 Å². The van der Waals surface area contributed by atoms with E-state index in [9.17, 15) is 14.4 Å². The van der Waals surface area contributed by atoms with Crippen molar-refractivity contribution in [1.29, 1.82) is 0 Å². The molecule has 0 unspecified atom stereocenters. The molecule has 0 aromatic carbocycles. The van der Waals surface area contributed by atoms with Crippen LogP contribution in [0.15, 0.2) is 22.9 Å². The fourth-order valence-corrected chi connectivity index (χ4v) is 5.12. The number of hydrogen-bond donors (Lipinski definition) is 1. The Kier molecular flexibility index (Phi) is 8.08. The summed E-state index contributed by atoms with van der Waals surface area (Å²) in [5.41, 5.74) is 1.01. The molecule has 0 radical (unpaired) electrons. The Bertz CT molecular complexity index is 812. The Hall–Kier alpha value is -1.96. The molecule has 0 bridgehead atoms. The van der Waals surface area contributed by atoms with Gasteiger partial charge in [0.25, 0.3) is 0 Å². The third-order valence-electron chi connectivity index (χ3n) is 6.79. The van der Waals surface area contributed by atoms with Gasteiger partial charge in [0, 0.05) is 37.4 Å². The van der Waals surface area contributed by atoms with E-state index in [1.807, 2.05) is 17.2 Å². The van der Waals surface area contributed by atoms with Gasteiger partial charge in [0.05, 0.1) is 6.04 Å². The Balaban J connectivity index is 1.81. The monoisotopic (exact) mass is 492 g/mol. The summed E-state index contributed by atoms with van der Waals surface area (Å²) in [7, 11) is 1.61. The molecule has 3 amide bonds. The average molecular weight is 493 g/mol. The minimum atomic E-state index is -0.625. The highest BCUT2D eigenvalue weighted by Crippen LogP contribution is 2.35. The molecule has 1 aliphatic heterocycles. The summed E-state index contributed by atoms with van der Waals surface area (Å²) in [5, 5.41) is 3.03. The first-order chi connectivity index (χ1) is 14.8. The minimum absolute atomic E-state index is 0.0135. The topological polar surface area (TPSA) is 82.6 Å². The fraction of sp³-hybridized carbons (Fsp3) is 0.652. The summed E-state index contributed by atoms with van der Waals surface area (Å²) < 4.78 is 0.891. The quantitative estimate of drug-likeness (QED) is 0.659. The minimum Gasteiger partial charge on any atom is -0.342 e. The zero-order chi connectivity index (χ0) is 22.5. The molecule has 7 nitrogen and oxygen atoms in total. The molecule has 1 saturated carbocycles. The molecule has 1 saturated heterocycles. The van der Waals surface area contributed by atoms with E-state index in [1.165, 1.54) is 18.2 Å². The van der Waals surface area contributed by atoms with Gasteiger partial charge in [-0.1, -0.05) is 19.3 Å². The van der Waals surface area contributed by atoms with Crippen LogP contribution in [-0.2, 0) is 14.4 Å². The van der Waals surface area contributed by atoms with Gasteiger partial charge in [0.15, 0.2) is 0 Å². The molecule has 170 valence electrons. The third kappa shape index (κ3) is 5.64. The molecule has 3 atom stereocenters. The van der Waals surface area contributed by atoms with Gasteiger partial charge < -0.3 is 15.1 Å². The fourth-order valence-electron chi connectivity index (χ4n) is 4.74. The molecule has 31 heavy (non-hydrogen) atoms. The summed E-state index contributed by atoms with van der Waals surface area (Å²) in [5.74, 6) is -0.339. The number of hydrogen-bond acceptors (Lipinski definition) is 4. The number of carbonyl (C=O) groups is 3. The summed E-state index contributed by atoms with van der Waals surface area (Å²) in [6.07, 6.45) is 10.6. The number of pyridine rings is 1. The molecular weight excluding hydrogens is 460 g/mol. The van der Waals surface area contributed by atoms with Crippen molar-refractivity contribution in [3.63, 3.8) is 0 Å². The van der Waals surface area contributed by atoms with Gasteiger partial charge in [0.2, 0.25) is 17.7 Å². The summed E-state index contributed by atoms with van der Waals surface area (Å²) in [4.78, 5) is 46.0. The maximum Gasteiger partial charge on any atom is 0.245 e. The van der Waals surface area contributed by atoms with Crippen LogP contribution >= 0.6 is 15.9 Å². The number of carbonyl (C=O) groups excluding carboxylic acids is 3. The van der Waals surface area contributed by atoms with Gasteiger partial charge in [0.1, 0.15) is 12.1 Å². The van der Waals surface area contributed by atoms with Crippen LogP contribution in [0.2, 0.25) is 0 Å². The number of aromatic nitrogens is 1. The second-order valence-corrected chi connectivity index (χ2v) is 9.73. The molecule has 1 aromatic heterocycles. The maximum atomic E-state index is 13.8. The predicted octanol–water partition coefficient (Wildman–Crippen LogP) is 3.44. The zero-order valence-corrected chi connectivity index (χ0v) is 20.2. The highest BCUT2D eigenvalue weighted by molar-refractivity contribution is 9.10. The van der Waals surface area contributed by atoms with Crippen molar-refractivity contribution in [1.82, 2.24) is 20.1 Å². The molecule has 1 N–H and O–H groups in total. The highest BCUT2D eigenvalue weighted by Gasteiger charge is 2.39. The number of nitrogens with zero attached hydrogens (tertiary/aromatic N) is 3. The van der Waals surface area contributed by atoms with Crippen LogP contribution in [0.1, 0.15) is 70.4 Å². The number of rotatable bonds is 6. The molecule has 2 aliphatic rings. The van der Waals surface area contributed by atoms with Crippen LogP contribution in [0.3, 0.4) is 0 Å². The second-order valence-electron chi connectivity index (χ2n) is 8.82. The molecule has 2 fully saturated rings. The van der Waals surface area contributed by atoms with E-state index in [2.05, 4.69) is 26.2 Å². The molecule has 0 spiro atoms. The first-order valence-electron chi connectivity index (χ1n) is 11.2. The Morgan fingerprint density at radius 1 is 1.16 bits per heavy atom. The SMILES string of the molecule is CC(=O)N(C)[C@@H](C)C(=O)N[C@H](C(=O)N1CCC[C@H]1c1cncc(Br)c1)C1CCCCC1. The van der Waals surface area contributed by atoms with Gasteiger partial charge in [-0.25, -0.2) is 0 Å². The smallest absolute Gasteiger partial charge is 0.245 e. The largest absolute Gasteiger partial charge is 0.342 e. The standard InChI is InChI=1S/C23H33BrN4O3/c1-15(27(3)16(2)29)22(30)26-21(17-8-5-4-6-9-17)23(31)28-11-7-10-20(28)18-12-19(24)14-25-13-18/h12-15,17,20-21H,4-11H2,1-3H3,(H,26,30)/t15-,20-,21-/m0/s1. The second kappa shape index (κ2) is 10.6. The molecule has 2 heterocycles. The van der Waals surface area contributed by atoms with Crippen molar-refractivity contribution in [2.45, 2.75) is 76.9 Å². The number of amides is 3. The lowest BCUT2D eigenvalue weighted by Crippen LogP contribution is -2.56. The van der Waals surface area contributed by atoms with Crippen molar-refractivity contribution in [3.05, 3.63) is 28.5 Å². The highest BCUT2D eigenvalue weighted by atomic mass is 79.9. The lowest BCUT2D eigenvalue weighted by molar-refractivity contribution is -0.142. The molecule has 3 rings (SSSR count). The van der Waals surface area contributed by atoms with Crippen LogP contribution in [-0.4, -0.2) is 58.2 Å². The lowest BCUT2D eigenvalue weighted by Gasteiger charge is -2.36. The van der Waals surface area contributed by atoms with E-state index in [-0.39, 0.29) is 29.7 Å². The van der Waals surface area contributed by atoms with E-state index in [0.29, 0.717) is 6.54 Å². The lowest BCUT2D eigenvalue weighted by atomic mass is 9.83. The average Bonchev–Trinajstić information content (AvgIpc) is 3.26. The van der Waals surface area contributed by atoms with E-state index in [4.69, 9.17) is 0 Å². The van der Waals surface area contributed by atoms with Gasteiger partial charge in [-0.2, -0.15) is 0 Å². The molecule has 8 heteroatoms. The number of likely N-dealkylation sites (N-methyl/N-ethyl adjacent to an activating group) is 1. The van der Waals surface area contributed by atoms with Crippen LogP contribution in [0.5, 0.6) is 0 Å². The Morgan fingerprint density at radius 3 is 2.52 bits per heavy atom. The first kappa shape index (κ1) is 23.7. The third-order valence-corrected chi connectivity index (χ3v) is 7.22. The van der Waals surface area contributed by atoms with Crippen LogP contribution in [0, 0.1) is 5.92 Å². The summed E-state index contributed by atoms with van der Waals surface area (Å²) in [6.45, 7) is 3.82. The zero-order valence-electron chi connectivity index (χ0n) is 18.6. The van der Waals surface area contributed by atoms with Crippen LogP contribution < -0.4 is 5.32 Å². The number of likely N-dealkylation sites (tertiary alicyclic amines) is 1. The van der Waals surface area contributed by atoms with Gasteiger partial charge in [-0.3, -0.25) is 19.4 Å². The van der Waals surface area contributed by atoms with Gasteiger partial charge in [-0.15, -0.1) is 0 Å². The van der Waals surface area contributed by atoms with E-state index < -0.39 is 12.1 Å². The van der Waals surface area contributed by atoms with Crippen molar-refractivity contribution in [2.24, 2.45) is 5.92 Å². The predicted molar refractivity (Wildman–Crippen MR) is 122 cm³/mol. The van der Waals surface area contributed by atoms with Crippen LogP contribution in [0.25, 0.3) is 0 Å².